The first kappa shape index (κ1) is 21.5. The molecule has 0 radical (unpaired) electrons. The number of piperidine rings is 1. The maximum atomic E-state index is 12.9. The fourth-order valence-corrected chi connectivity index (χ4v) is 4.59. The van der Waals surface area contributed by atoms with Gasteiger partial charge in [0.2, 0.25) is 5.89 Å². The number of likely N-dealkylation sites (tertiary alicyclic amines) is 1. The van der Waals surface area contributed by atoms with Gasteiger partial charge in [-0.1, -0.05) is 11.2 Å². The number of carbonyl (C=O) groups is 1. The number of rotatable bonds is 6. The minimum Gasteiger partial charge on any atom is -0.384 e. The van der Waals surface area contributed by atoms with Gasteiger partial charge in [0.25, 0.3) is 5.91 Å². The summed E-state index contributed by atoms with van der Waals surface area (Å²) in [6.07, 6.45) is 4.95. The minimum absolute atomic E-state index is 0.0197. The summed E-state index contributed by atoms with van der Waals surface area (Å²) >= 11 is 0. The van der Waals surface area contributed by atoms with E-state index in [1.54, 1.807) is 31.4 Å². The van der Waals surface area contributed by atoms with Gasteiger partial charge in [0.1, 0.15) is 0 Å². The molecule has 1 aromatic heterocycles. The van der Waals surface area contributed by atoms with Crippen LogP contribution in [0.3, 0.4) is 0 Å². The molecule has 2 aliphatic rings. The van der Waals surface area contributed by atoms with Gasteiger partial charge in [-0.05, 0) is 49.8 Å². The number of ether oxygens (including phenoxy) is 2. The molecule has 1 aromatic carbocycles. The summed E-state index contributed by atoms with van der Waals surface area (Å²) in [7, 11) is 1.66. The number of amides is 1. The molecule has 0 aliphatic carbocycles. The van der Waals surface area contributed by atoms with Gasteiger partial charge in [0, 0.05) is 45.2 Å². The van der Waals surface area contributed by atoms with Gasteiger partial charge >= 0.3 is 0 Å². The molecule has 3 heterocycles. The number of benzene rings is 1. The van der Waals surface area contributed by atoms with E-state index >= 15 is 0 Å². The molecule has 8 heteroatoms. The van der Waals surface area contributed by atoms with Crippen molar-refractivity contribution >= 4 is 5.91 Å². The second kappa shape index (κ2) is 9.58. The molecule has 0 N–H and O–H groups in total. The molecule has 2 fully saturated rings. The Labute approximate surface area is 182 Å². The zero-order chi connectivity index (χ0) is 21.7. The molecule has 0 bridgehead atoms. The van der Waals surface area contributed by atoms with Crippen molar-refractivity contribution in [1.29, 1.82) is 5.26 Å². The van der Waals surface area contributed by atoms with Crippen LogP contribution in [0, 0.1) is 17.2 Å². The van der Waals surface area contributed by atoms with Crippen molar-refractivity contribution in [2.24, 2.45) is 5.92 Å². The molecular weight excluding hydrogens is 396 g/mol. The summed E-state index contributed by atoms with van der Waals surface area (Å²) in [5.41, 5.74) is 0.884. The lowest BCUT2D eigenvalue weighted by atomic mass is 9.78. The van der Waals surface area contributed by atoms with Gasteiger partial charge < -0.3 is 18.9 Å². The van der Waals surface area contributed by atoms with Crippen LogP contribution in [0.2, 0.25) is 0 Å². The first-order valence-electron chi connectivity index (χ1n) is 10.8. The lowest BCUT2D eigenvalue weighted by Crippen LogP contribution is -2.51. The van der Waals surface area contributed by atoms with Crippen LogP contribution < -0.4 is 0 Å². The van der Waals surface area contributed by atoms with Crippen LogP contribution in [0.1, 0.15) is 53.3 Å². The van der Waals surface area contributed by atoms with Crippen molar-refractivity contribution in [2.45, 2.75) is 44.1 Å². The van der Waals surface area contributed by atoms with E-state index in [0.717, 1.165) is 32.1 Å². The molecule has 1 atom stereocenters. The van der Waals surface area contributed by atoms with Crippen molar-refractivity contribution in [2.75, 3.05) is 33.4 Å². The smallest absolute Gasteiger partial charge is 0.253 e. The first-order chi connectivity index (χ1) is 15.1. The number of aromatic nitrogens is 2. The third-order valence-electron chi connectivity index (χ3n) is 6.30. The fourth-order valence-electron chi connectivity index (χ4n) is 4.59. The number of hydrogen-bond donors (Lipinski definition) is 0. The summed E-state index contributed by atoms with van der Waals surface area (Å²) in [5.74, 6) is 1.77. The van der Waals surface area contributed by atoms with Gasteiger partial charge in [-0.3, -0.25) is 4.79 Å². The molecule has 164 valence electrons. The maximum Gasteiger partial charge on any atom is 0.253 e. The molecule has 2 saturated heterocycles. The second-order valence-corrected chi connectivity index (χ2v) is 8.43. The normalized spacial score (nSPS) is 20.5. The fraction of sp³-hybridized carbons (Fsp3) is 0.565. The molecule has 8 nitrogen and oxygen atoms in total. The Morgan fingerprint density at radius 3 is 3.00 bits per heavy atom. The molecule has 4 rings (SSSR count). The lowest BCUT2D eigenvalue weighted by molar-refractivity contribution is -0.124. The van der Waals surface area contributed by atoms with E-state index in [4.69, 9.17) is 19.3 Å². The minimum atomic E-state index is -0.187. The van der Waals surface area contributed by atoms with Crippen LogP contribution in [0.15, 0.2) is 28.8 Å². The molecule has 2 aliphatic heterocycles. The SMILES string of the molecule is COCCc1noc(CC2CCOC3(CCN(C(=O)c4cccc(C#N)c4)CC3)C2)n1. The van der Waals surface area contributed by atoms with Crippen LogP contribution >= 0.6 is 0 Å². The first-order valence-corrected chi connectivity index (χ1v) is 10.8. The Balaban J connectivity index is 1.33. The van der Waals surface area contributed by atoms with Gasteiger partial charge in [-0.25, -0.2) is 0 Å². The quantitative estimate of drug-likeness (QED) is 0.703. The van der Waals surface area contributed by atoms with E-state index in [2.05, 4.69) is 16.2 Å². The predicted molar refractivity (Wildman–Crippen MR) is 111 cm³/mol. The summed E-state index contributed by atoms with van der Waals surface area (Å²) < 4.78 is 16.7. The monoisotopic (exact) mass is 424 g/mol. The van der Waals surface area contributed by atoms with E-state index in [-0.39, 0.29) is 11.5 Å². The Morgan fingerprint density at radius 2 is 2.23 bits per heavy atom. The van der Waals surface area contributed by atoms with Crippen molar-refractivity contribution in [3.63, 3.8) is 0 Å². The molecule has 0 saturated carbocycles. The highest BCUT2D eigenvalue weighted by Gasteiger charge is 2.41. The van der Waals surface area contributed by atoms with E-state index in [9.17, 15) is 4.79 Å². The zero-order valence-corrected chi connectivity index (χ0v) is 17.9. The second-order valence-electron chi connectivity index (χ2n) is 8.43. The van der Waals surface area contributed by atoms with Gasteiger partial charge in [0.05, 0.1) is 23.8 Å². The largest absolute Gasteiger partial charge is 0.384 e. The number of carbonyl (C=O) groups excluding carboxylic acids is 1. The van der Waals surface area contributed by atoms with Gasteiger partial charge in [0.15, 0.2) is 5.82 Å². The third kappa shape index (κ3) is 5.12. The topological polar surface area (TPSA) is 101 Å². The molecule has 31 heavy (non-hydrogen) atoms. The summed E-state index contributed by atoms with van der Waals surface area (Å²) in [6.45, 7) is 2.61. The van der Waals surface area contributed by atoms with Crippen molar-refractivity contribution in [1.82, 2.24) is 15.0 Å². The molecular formula is C23H28N4O4. The number of nitriles is 1. The van der Waals surface area contributed by atoms with Crippen LogP contribution in [-0.2, 0) is 22.3 Å². The summed E-state index contributed by atoms with van der Waals surface area (Å²) in [5, 5.41) is 13.1. The third-order valence-corrected chi connectivity index (χ3v) is 6.30. The Kier molecular flexibility index (Phi) is 6.64. The number of nitrogens with zero attached hydrogens (tertiary/aromatic N) is 4. The maximum absolute atomic E-state index is 12.9. The van der Waals surface area contributed by atoms with E-state index in [1.807, 2.05) is 4.90 Å². The molecule has 1 unspecified atom stereocenters. The van der Waals surface area contributed by atoms with Crippen LogP contribution in [-0.4, -0.2) is 60.0 Å². The average Bonchev–Trinajstić information content (AvgIpc) is 3.25. The highest BCUT2D eigenvalue weighted by atomic mass is 16.5. The van der Waals surface area contributed by atoms with E-state index in [1.165, 1.54) is 0 Å². The van der Waals surface area contributed by atoms with Crippen LogP contribution in [0.5, 0.6) is 0 Å². The number of hydrogen-bond acceptors (Lipinski definition) is 7. The summed E-state index contributed by atoms with van der Waals surface area (Å²) in [6, 6.07) is 8.99. The summed E-state index contributed by atoms with van der Waals surface area (Å²) in [4.78, 5) is 19.2. The Bertz CT molecular complexity index is 943. The van der Waals surface area contributed by atoms with Crippen molar-refractivity contribution in [3.8, 4) is 6.07 Å². The van der Waals surface area contributed by atoms with Crippen LogP contribution in [0.4, 0.5) is 0 Å². The zero-order valence-electron chi connectivity index (χ0n) is 17.9. The lowest BCUT2D eigenvalue weighted by Gasteiger charge is -2.46. The van der Waals surface area contributed by atoms with E-state index in [0.29, 0.717) is 61.5 Å². The standard InChI is InChI=1S/C23H28N4O4/c1-29-11-6-20-25-21(31-26-20)14-17-5-12-30-23(15-17)7-9-27(10-8-23)22(28)19-4-2-3-18(13-19)16-24/h2-4,13,17H,5-12,14-15H2,1H3. The van der Waals surface area contributed by atoms with Gasteiger partial charge in [-0.2, -0.15) is 10.2 Å². The Morgan fingerprint density at radius 1 is 1.39 bits per heavy atom. The molecule has 2 aromatic rings. The predicted octanol–water partition coefficient (Wildman–Crippen LogP) is 2.77. The molecule has 1 amide bonds. The molecule has 1 spiro atoms. The number of methoxy groups -OCH3 is 1. The van der Waals surface area contributed by atoms with Crippen LogP contribution in [0.25, 0.3) is 0 Å². The van der Waals surface area contributed by atoms with Crippen molar-refractivity contribution in [3.05, 3.63) is 47.1 Å². The van der Waals surface area contributed by atoms with E-state index < -0.39 is 0 Å². The highest BCUT2D eigenvalue weighted by molar-refractivity contribution is 5.94. The highest BCUT2D eigenvalue weighted by Crippen LogP contribution is 2.39. The van der Waals surface area contributed by atoms with Gasteiger partial charge in [-0.15, -0.1) is 0 Å². The Hall–Kier alpha value is -2.76. The van der Waals surface area contributed by atoms with Crippen molar-refractivity contribution < 1.29 is 18.8 Å². The average molecular weight is 425 g/mol.